The number of aromatic nitrogens is 4. The quantitative estimate of drug-likeness (QED) is 0.318. The van der Waals surface area contributed by atoms with E-state index in [0.717, 1.165) is 22.4 Å². The van der Waals surface area contributed by atoms with Gasteiger partial charge in [0.2, 0.25) is 5.95 Å². The molecule has 200 valence electrons. The fourth-order valence-electron chi connectivity index (χ4n) is 4.61. The summed E-state index contributed by atoms with van der Waals surface area (Å²) in [7, 11) is 0. The minimum atomic E-state index is -0.637. The standard InChI is InChI=1S/C29H29FN6O3/c1-5-38-25-15-20(11-13-24(25)39-16-21-8-6-7-9-22(21)30)27-26(19(4)31-29-33-34-35-36(27)29)28(37)32-23-12-10-17(2)14-18(23)3/h6-15,27H,5,16H2,1-4H3,(H,32,37)(H,31,33,35)/t27-/m0/s1. The van der Waals surface area contributed by atoms with Gasteiger partial charge in [-0.3, -0.25) is 4.79 Å². The van der Waals surface area contributed by atoms with Crippen LogP contribution in [-0.4, -0.2) is 32.7 Å². The van der Waals surface area contributed by atoms with Crippen LogP contribution in [0.2, 0.25) is 0 Å². The van der Waals surface area contributed by atoms with E-state index < -0.39 is 6.04 Å². The summed E-state index contributed by atoms with van der Waals surface area (Å²) in [5.41, 5.74) is 5.03. The summed E-state index contributed by atoms with van der Waals surface area (Å²) in [5, 5.41) is 18.2. The van der Waals surface area contributed by atoms with Crippen LogP contribution in [0.15, 0.2) is 71.9 Å². The maximum absolute atomic E-state index is 14.1. The number of halogens is 1. The number of tetrazole rings is 1. The molecule has 0 unspecified atom stereocenters. The SMILES string of the molecule is CCOc1cc([C@H]2C(C(=O)Nc3ccc(C)cc3C)=C(C)Nc3nnnn32)ccc1OCc1ccccc1F. The number of benzene rings is 3. The third kappa shape index (κ3) is 5.31. The van der Waals surface area contributed by atoms with Gasteiger partial charge < -0.3 is 20.1 Å². The summed E-state index contributed by atoms with van der Waals surface area (Å²) < 4.78 is 27.5. The van der Waals surface area contributed by atoms with Crippen LogP contribution in [0, 0.1) is 19.7 Å². The maximum Gasteiger partial charge on any atom is 0.255 e. The van der Waals surface area contributed by atoms with Gasteiger partial charge in [0.1, 0.15) is 18.5 Å². The summed E-state index contributed by atoms with van der Waals surface area (Å²) in [6.07, 6.45) is 0. The molecule has 1 aliphatic heterocycles. The average molecular weight is 529 g/mol. The number of nitrogens with zero attached hydrogens (tertiary/aromatic N) is 4. The number of rotatable bonds is 8. The molecule has 5 rings (SSSR count). The third-order valence-corrected chi connectivity index (χ3v) is 6.51. The summed E-state index contributed by atoms with van der Waals surface area (Å²) in [5.74, 6) is 0.713. The second kappa shape index (κ2) is 10.9. The number of aryl methyl sites for hydroxylation is 2. The first-order chi connectivity index (χ1) is 18.9. The Labute approximate surface area is 225 Å². The van der Waals surface area contributed by atoms with Gasteiger partial charge in [-0.15, -0.1) is 0 Å². The van der Waals surface area contributed by atoms with Gasteiger partial charge in [-0.2, -0.15) is 4.68 Å². The Morgan fingerprint density at radius 3 is 2.64 bits per heavy atom. The number of nitrogens with one attached hydrogen (secondary N) is 2. The lowest BCUT2D eigenvalue weighted by molar-refractivity contribution is -0.113. The minimum Gasteiger partial charge on any atom is -0.490 e. The Kier molecular flexibility index (Phi) is 7.27. The van der Waals surface area contributed by atoms with Crippen LogP contribution >= 0.6 is 0 Å². The fourth-order valence-corrected chi connectivity index (χ4v) is 4.61. The molecule has 0 saturated carbocycles. The van der Waals surface area contributed by atoms with Crippen LogP contribution in [0.1, 0.15) is 42.1 Å². The molecule has 0 saturated heterocycles. The lowest BCUT2D eigenvalue weighted by atomic mass is 9.94. The Balaban J connectivity index is 1.50. The summed E-state index contributed by atoms with van der Waals surface area (Å²) >= 11 is 0. The van der Waals surface area contributed by atoms with E-state index in [2.05, 4.69) is 26.2 Å². The predicted octanol–water partition coefficient (Wildman–Crippen LogP) is 5.33. The largest absolute Gasteiger partial charge is 0.490 e. The lowest BCUT2D eigenvalue weighted by Crippen LogP contribution is -2.31. The van der Waals surface area contributed by atoms with Gasteiger partial charge >= 0.3 is 0 Å². The van der Waals surface area contributed by atoms with Crippen molar-refractivity contribution >= 4 is 17.5 Å². The highest BCUT2D eigenvalue weighted by Gasteiger charge is 2.34. The van der Waals surface area contributed by atoms with E-state index in [4.69, 9.17) is 9.47 Å². The number of anilines is 2. The fraction of sp³-hybridized carbons (Fsp3) is 0.241. The second-order valence-corrected chi connectivity index (χ2v) is 9.31. The van der Waals surface area contributed by atoms with Crippen LogP contribution in [0.3, 0.4) is 0 Å². The smallest absolute Gasteiger partial charge is 0.255 e. The minimum absolute atomic E-state index is 0.0408. The van der Waals surface area contributed by atoms with Crippen LogP contribution in [-0.2, 0) is 11.4 Å². The number of hydrogen-bond acceptors (Lipinski definition) is 7. The van der Waals surface area contributed by atoms with E-state index >= 15 is 0 Å². The molecule has 0 fully saturated rings. The Bertz CT molecular complexity index is 1560. The van der Waals surface area contributed by atoms with Crippen molar-refractivity contribution in [1.82, 2.24) is 20.2 Å². The number of allylic oxidation sites excluding steroid dienone is 1. The molecule has 1 aromatic heterocycles. The first-order valence-corrected chi connectivity index (χ1v) is 12.6. The Morgan fingerprint density at radius 2 is 1.87 bits per heavy atom. The first kappa shape index (κ1) is 25.9. The highest BCUT2D eigenvalue weighted by Crippen LogP contribution is 2.39. The van der Waals surface area contributed by atoms with E-state index in [9.17, 15) is 9.18 Å². The van der Waals surface area contributed by atoms with Crippen LogP contribution in [0.4, 0.5) is 16.0 Å². The monoisotopic (exact) mass is 528 g/mol. The number of carbonyl (C=O) groups excluding carboxylic acids is 1. The number of hydrogen-bond donors (Lipinski definition) is 2. The molecule has 1 atom stereocenters. The molecule has 10 heteroatoms. The van der Waals surface area contributed by atoms with Gasteiger partial charge in [-0.1, -0.05) is 47.1 Å². The van der Waals surface area contributed by atoms with Crippen molar-refractivity contribution in [2.24, 2.45) is 0 Å². The Morgan fingerprint density at radius 1 is 1.05 bits per heavy atom. The van der Waals surface area contributed by atoms with E-state index in [1.54, 1.807) is 35.0 Å². The highest BCUT2D eigenvalue weighted by atomic mass is 19.1. The van der Waals surface area contributed by atoms with Crippen molar-refractivity contribution in [3.63, 3.8) is 0 Å². The van der Waals surface area contributed by atoms with E-state index in [0.29, 0.717) is 40.9 Å². The van der Waals surface area contributed by atoms with Crippen LogP contribution in [0.25, 0.3) is 0 Å². The van der Waals surface area contributed by atoms with E-state index in [-0.39, 0.29) is 18.3 Å². The summed E-state index contributed by atoms with van der Waals surface area (Å²) in [4.78, 5) is 13.7. The number of ether oxygens (including phenoxy) is 2. The van der Waals surface area contributed by atoms with Crippen LogP contribution < -0.4 is 20.1 Å². The van der Waals surface area contributed by atoms with Crippen molar-refractivity contribution in [2.75, 3.05) is 17.2 Å². The molecule has 9 nitrogen and oxygen atoms in total. The summed E-state index contributed by atoms with van der Waals surface area (Å²) in [6.45, 7) is 8.07. The number of amides is 1. The zero-order chi connectivity index (χ0) is 27.5. The van der Waals surface area contributed by atoms with Gasteiger partial charge in [-0.05, 0) is 73.5 Å². The van der Waals surface area contributed by atoms with E-state index in [1.807, 2.05) is 52.0 Å². The van der Waals surface area contributed by atoms with Gasteiger partial charge in [0.05, 0.1) is 12.2 Å². The third-order valence-electron chi connectivity index (χ3n) is 6.51. The number of carbonyl (C=O) groups is 1. The topological polar surface area (TPSA) is 103 Å². The number of fused-ring (bicyclic) bond motifs is 1. The van der Waals surface area contributed by atoms with Crippen molar-refractivity contribution in [1.29, 1.82) is 0 Å². The van der Waals surface area contributed by atoms with Crippen molar-refractivity contribution in [2.45, 2.75) is 40.3 Å². The molecular formula is C29H29FN6O3. The highest BCUT2D eigenvalue weighted by molar-refractivity contribution is 6.06. The lowest BCUT2D eigenvalue weighted by Gasteiger charge is -2.28. The second-order valence-electron chi connectivity index (χ2n) is 9.31. The summed E-state index contributed by atoms with van der Waals surface area (Å²) in [6, 6.07) is 17.1. The van der Waals surface area contributed by atoms with Crippen molar-refractivity contribution in [3.05, 3.63) is 100 Å². The van der Waals surface area contributed by atoms with E-state index in [1.165, 1.54) is 6.07 Å². The normalized spacial score (nSPS) is 14.4. The zero-order valence-corrected chi connectivity index (χ0v) is 22.2. The first-order valence-electron chi connectivity index (χ1n) is 12.6. The predicted molar refractivity (Wildman–Crippen MR) is 145 cm³/mol. The molecule has 3 aromatic carbocycles. The molecule has 0 aliphatic carbocycles. The molecule has 2 heterocycles. The molecule has 39 heavy (non-hydrogen) atoms. The molecule has 4 aromatic rings. The molecule has 0 spiro atoms. The molecule has 0 radical (unpaired) electrons. The zero-order valence-electron chi connectivity index (χ0n) is 22.2. The van der Waals surface area contributed by atoms with Crippen molar-refractivity contribution < 1.29 is 18.7 Å². The molecule has 2 N–H and O–H groups in total. The Hall–Kier alpha value is -4.73. The van der Waals surface area contributed by atoms with Gasteiger partial charge in [0.25, 0.3) is 5.91 Å². The molecular weight excluding hydrogens is 499 g/mol. The van der Waals surface area contributed by atoms with Gasteiger partial charge in [-0.25, -0.2) is 4.39 Å². The average Bonchev–Trinajstić information content (AvgIpc) is 3.37. The molecule has 0 bridgehead atoms. The molecule has 1 amide bonds. The van der Waals surface area contributed by atoms with Gasteiger partial charge in [0, 0.05) is 16.9 Å². The molecule has 1 aliphatic rings. The van der Waals surface area contributed by atoms with Crippen LogP contribution in [0.5, 0.6) is 11.5 Å². The van der Waals surface area contributed by atoms with Crippen molar-refractivity contribution in [3.8, 4) is 11.5 Å². The maximum atomic E-state index is 14.1. The van der Waals surface area contributed by atoms with Gasteiger partial charge in [0.15, 0.2) is 11.5 Å².